The number of aromatic nitrogens is 1. The molecule has 0 amide bonds. The zero-order valence-electron chi connectivity index (χ0n) is 9.83. The van der Waals surface area contributed by atoms with Crippen molar-refractivity contribution >= 4 is 22.5 Å². The second kappa shape index (κ2) is 3.63. The number of H-pyrrole nitrogens is 1. The molecule has 0 bridgehead atoms. The fourth-order valence-electron chi connectivity index (χ4n) is 2.97. The van der Waals surface area contributed by atoms with Gasteiger partial charge >= 0.3 is 0 Å². The van der Waals surface area contributed by atoms with Gasteiger partial charge in [-0.1, -0.05) is 48.0 Å². The van der Waals surface area contributed by atoms with Gasteiger partial charge in [0.15, 0.2) is 0 Å². The number of halogens is 1. The van der Waals surface area contributed by atoms with Crippen molar-refractivity contribution in [3.63, 3.8) is 0 Å². The third kappa shape index (κ3) is 1.28. The van der Waals surface area contributed by atoms with Crippen LogP contribution in [-0.4, -0.2) is 4.98 Å². The molecule has 0 atom stereocenters. The predicted molar refractivity (Wildman–Crippen MR) is 76.2 cm³/mol. The Kier molecular flexibility index (Phi) is 2.06. The Morgan fingerprint density at radius 2 is 1.83 bits per heavy atom. The SMILES string of the molecule is Clc1cccc2c3c([nH]c12)CCc1ccccc1-3. The molecule has 0 saturated carbocycles. The van der Waals surface area contributed by atoms with E-state index in [0.717, 1.165) is 23.4 Å². The standard InChI is InChI=1S/C16H12ClN/c17-13-7-3-6-12-15-11-5-2-1-4-10(11)8-9-14(15)18-16(12)13/h1-7,18H,8-9H2. The lowest BCUT2D eigenvalue weighted by molar-refractivity contribution is 0.914. The van der Waals surface area contributed by atoms with Gasteiger partial charge in [-0.25, -0.2) is 0 Å². The Morgan fingerprint density at radius 3 is 2.78 bits per heavy atom. The lowest BCUT2D eigenvalue weighted by Gasteiger charge is -2.16. The molecule has 0 saturated heterocycles. The van der Waals surface area contributed by atoms with Gasteiger partial charge in [-0.15, -0.1) is 0 Å². The molecule has 88 valence electrons. The van der Waals surface area contributed by atoms with Gasteiger partial charge in [0, 0.05) is 16.6 Å². The average Bonchev–Trinajstić information content (AvgIpc) is 2.79. The maximum atomic E-state index is 6.27. The van der Waals surface area contributed by atoms with Crippen molar-refractivity contribution in [1.29, 1.82) is 0 Å². The lowest BCUT2D eigenvalue weighted by Crippen LogP contribution is -2.02. The fourth-order valence-corrected chi connectivity index (χ4v) is 3.19. The maximum absolute atomic E-state index is 6.27. The number of rotatable bonds is 0. The lowest BCUT2D eigenvalue weighted by atomic mass is 9.88. The molecule has 0 aliphatic heterocycles. The van der Waals surface area contributed by atoms with Gasteiger partial charge < -0.3 is 4.98 Å². The Bertz CT molecular complexity index is 755. The number of hydrogen-bond donors (Lipinski definition) is 1. The van der Waals surface area contributed by atoms with Crippen molar-refractivity contribution in [2.75, 3.05) is 0 Å². The number of benzene rings is 2. The molecule has 2 aromatic carbocycles. The summed E-state index contributed by atoms with van der Waals surface area (Å²) in [6.07, 6.45) is 2.17. The quantitative estimate of drug-likeness (QED) is 0.603. The van der Waals surface area contributed by atoms with Crippen LogP contribution in [0.25, 0.3) is 22.0 Å². The fraction of sp³-hybridized carbons (Fsp3) is 0.125. The van der Waals surface area contributed by atoms with Crippen LogP contribution in [0.1, 0.15) is 11.3 Å². The molecule has 2 heteroatoms. The molecular formula is C16H12ClN. The van der Waals surface area contributed by atoms with Crippen LogP contribution in [0, 0.1) is 0 Å². The minimum Gasteiger partial charge on any atom is -0.357 e. The normalized spacial score (nSPS) is 13.4. The van der Waals surface area contributed by atoms with Crippen LogP contribution >= 0.6 is 11.6 Å². The Morgan fingerprint density at radius 1 is 0.944 bits per heavy atom. The van der Waals surface area contributed by atoms with E-state index < -0.39 is 0 Å². The number of aromatic amines is 1. The molecule has 18 heavy (non-hydrogen) atoms. The molecule has 3 aromatic rings. The molecule has 1 aromatic heterocycles. The summed E-state index contributed by atoms with van der Waals surface area (Å²) in [7, 11) is 0. The Hall–Kier alpha value is -1.73. The van der Waals surface area contributed by atoms with Crippen LogP contribution in [0.15, 0.2) is 42.5 Å². The van der Waals surface area contributed by atoms with Crippen molar-refractivity contribution in [1.82, 2.24) is 4.98 Å². The first-order valence-corrected chi connectivity index (χ1v) is 6.60. The van der Waals surface area contributed by atoms with E-state index in [-0.39, 0.29) is 0 Å². The van der Waals surface area contributed by atoms with E-state index in [2.05, 4.69) is 35.3 Å². The van der Waals surface area contributed by atoms with Crippen molar-refractivity contribution < 1.29 is 0 Å². The first kappa shape index (κ1) is 10.2. The molecule has 1 nitrogen and oxygen atoms in total. The molecule has 0 radical (unpaired) electrons. The summed E-state index contributed by atoms with van der Waals surface area (Å²) < 4.78 is 0. The zero-order chi connectivity index (χ0) is 12.1. The highest BCUT2D eigenvalue weighted by atomic mass is 35.5. The first-order valence-electron chi connectivity index (χ1n) is 6.22. The molecule has 1 heterocycles. The monoisotopic (exact) mass is 253 g/mol. The van der Waals surface area contributed by atoms with Gasteiger partial charge in [-0.3, -0.25) is 0 Å². The minimum absolute atomic E-state index is 0.805. The summed E-state index contributed by atoms with van der Waals surface area (Å²) in [5.74, 6) is 0. The van der Waals surface area contributed by atoms with E-state index in [1.165, 1.54) is 27.8 Å². The van der Waals surface area contributed by atoms with Gasteiger partial charge in [0.2, 0.25) is 0 Å². The van der Waals surface area contributed by atoms with E-state index in [1.807, 2.05) is 12.1 Å². The van der Waals surface area contributed by atoms with E-state index in [9.17, 15) is 0 Å². The van der Waals surface area contributed by atoms with Crippen LogP contribution in [0.5, 0.6) is 0 Å². The molecule has 0 unspecified atom stereocenters. The number of aryl methyl sites for hydroxylation is 2. The largest absolute Gasteiger partial charge is 0.357 e. The molecular weight excluding hydrogens is 242 g/mol. The minimum atomic E-state index is 0.805. The maximum Gasteiger partial charge on any atom is 0.0651 e. The summed E-state index contributed by atoms with van der Waals surface area (Å²) in [5.41, 5.74) is 6.52. The number of fused-ring (bicyclic) bond motifs is 5. The van der Waals surface area contributed by atoms with Crippen LogP contribution in [-0.2, 0) is 12.8 Å². The Labute approximate surface area is 110 Å². The van der Waals surface area contributed by atoms with Crippen molar-refractivity contribution in [3.8, 4) is 11.1 Å². The smallest absolute Gasteiger partial charge is 0.0651 e. The summed E-state index contributed by atoms with van der Waals surface area (Å²) in [6.45, 7) is 0. The summed E-state index contributed by atoms with van der Waals surface area (Å²) in [4.78, 5) is 3.49. The van der Waals surface area contributed by atoms with Crippen molar-refractivity contribution in [2.24, 2.45) is 0 Å². The van der Waals surface area contributed by atoms with Crippen LogP contribution in [0.2, 0.25) is 5.02 Å². The van der Waals surface area contributed by atoms with Crippen molar-refractivity contribution in [2.45, 2.75) is 12.8 Å². The van der Waals surface area contributed by atoms with Gasteiger partial charge in [0.05, 0.1) is 10.5 Å². The number of hydrogen-bond acceptors (Lipinski definition) is 0. The third-order valence-electron chi connectivity index (χ3n) is 3.79. The highest BCUT2D eigenvalue weighted by molar-refractivity contribution is 6.35. The highest BCUT2D eigenvalue weighted by Gasteiger charge is 2.20. The van der Waals surface area contributed by atoms with Crippen LogP contribution in [0.3, 0.4) is 0 Å². The topological polar surface area (TPSA) is 15.8 Å². The molecule has 1 N–H and O–H groups in total. The van der Waals surface area contributed by atoms with E-state index >= 15 is 0 Å². The summed E-state index contributed by atoms with van der Waals surface area (Å²) in [6, 6.07) is 14.8. The number of para-hydroxylation sites is 1. The van der Waals surface area contributed by atoms with Gasteiger partial charge in [0.1, 0.15) is 0 Å². The van der Waals surface area contributed by atoms with E-state index in [0.29, 0.717) is 0 Å². The van der Waals surface area contributed by atoms with Crippen LogP contribution in [0.4, 0.5) is 0 Å². The predicted octanol–water partition coefficient (Wildman–Crippen LogP) is 4.59. The van der Waals surface area contributed by atoms with Crippen molar-refractivity contribution in [3.05, 3.63) is 58.7 Å². The van der Waals surface area contributed by atoms with Crippen LogP contribution < -0.4 is 0 Å². The zero-order valence-corrected chi connectivity index (χ0v) is 10.6. The molecule has 4 rings (SSSR count). The van der Waals surface area contributed by atoms with E-state index in [1.54, 1.807) is 0 Å². The second-order valence-electron chi connectivity index (χ2n) is 4.80. The van der Waals surface area contributed by atoms with Gasteiger partial charge in [0.25, 0.3) is 0 Å². The average molecular weight is 254 g/mol. The number of nitrogens with one attached hydrogen (secondary N) is 1. The molecule has 0 fully saturated rings. The van der Waals surface area contributed by atoms with E-state index in [4.69, 9.17) is 11.6 Å². The highest BCUT2D eigenvalue weighted by Crippen LogP contribution is 2.40. The Balaban J connectivity index is 2.14. The summed E-state index contributed by atoms with van der Waals surface area (Å²) >= 11 is 6.27. The second-order valence-corrected chi connectivity index (χ2v) is 5.21. The molecule has 0 spiro atoms. The van der Waals surface area contributed by atoms with Gasteiger partial charge in [-0.05, 0) is 30.0 Å². The molecule has 1 aliphatic carbocycles. The van der Waals surface area contributed by atoms with Gasteiger partial charge in [-0.2, -0.15) is 0 Å². The summed E-state index contributed by atoms with van der Waals surface area (Å²) in [5, 5.41) is 2.05. The first-order chi connectivity index (χ1) is 8.84. The molecule has 1 aliphatic rings. The third-order valence-corrected chi connectivity index (χ3v) is 4.11.